The fourth-order valence-electron chi connectivity index (χ4n) is 1.21. The lowest BCUT2D eigenvalue weighted by molar-refractivity contribution is 0.0884. The third-order valence-electron chi connectivity index (χ3n) is 1.69. The summed E-state index contributed by atoms with van der Waals surface area (Å²) in [7, 11) is 0. The Balaban J connectivity index is 2.72. The van der Waals surface area contributed by atoms with Crippen LogP contribution in [-0.2, 0) is 0 Å². The highest BCUT2D eigenvalue weighted by Gasteiger charge is 2.20. The van der Waals surface area contributed by atoms with Gasteiger partial charge >= 0.3 is 5.91 Å². The number of anilines is 1. The summed E-state index contributed by atoms with van der Waals surface area (Å²) in [6.45, 7) is 11.7. The van der Waals surface area contributed by atoms with Crippen LogP contribution in [0.1, 0.15) is 52.2 Å². The summed E-state index contributed by atoms with van der Waals surface area (Å²) < 4.78 is 5.13. The molecule has 0 spiro atoms. The Labute approximate surface area is 102 Å². The molecule has 1 aromatic heterocycles. The molecule has 5 heteroatoms. The topological polar surface area (TPSA) is 67.2 Å². The second kappa shape index (κ2) is 4.39. The first-order chi connectivity index (χ1) is 7.57. The normalized spacial score (nSPS) is 12.4. The predicted molar refractivity (Wildman–Crippen MR) is 67.1 cm³/mol. The lowest BCUT2D eigenvalue weighted by Gasteiger charge is -2.19. The van der Waals surface area contributed by atoms with Crippen LogP contribution in [0.15, 0.2) is 10.7 Å². The van der Waals surface area contributed by atoms with Crippen LogP contribution < -0.4 is 10.6 Å². The summed E-state index contributed by atoms with van der Waals surface area (Å²) in [4.78, 5) is 15.8. The molecule has 17 heavy (non-hydrogen) atoms. The second-order valence-corrected chi connectivity index (χ2v) is 6.12. The highest BCUT2D eigenvalue weighted by atomic mass is 16.4. The smallest absolute Gasteiger partial charge is 0.307 e. The van der Waals surface area contributed by atoms with E-state index in [4.69, 9.17) is 4.42 Å². The molecule has 0 atom stereocenters. The quantitative estimate of drug-likeness (QED) is 0.831. The van der Waals surface area contributed by atoms with Gasteiger partial charge in [-0.3, -0.25) is 4.79 Å². The van der Waals surface area contributed by atoms with Crippen LogP contribution >= 0.6 is 0 Å². The zero-order chi connectivity index (χ0) is 13.3. The third-order valence-corrected chi connectivity index (χ3v) is 1.69. The molecule has 1 heterocycles. The number of oxazole rings is 1. The average Bonchev–Trinajstić information content (AvgIpc) is 2.45. The van der Waals surface area contributed by atoms with E-state index in [1.54, 1.807) is 0 Å². The Morgan fingerprint density at radius 1 is 1.18 bits per heavy atom. The number of aromatic nitrogens is 1. The molecule has 0 saturated carbocycles. The lowest BCUT2D eigenvalue weighted by atomic mass is 10.1. The van der Waals surface area contributed by atoms with Gasteiger partial charge in [0, 0.05) is 11.1 Å². The van der Waals surface area contributed by atoms with Gasteiger partial charge in [0.25, 0.3) is 5.89 Å². The molecule has 1 rings (SSSR count). The Kier molecular flexibility index (Phi) is 3.50. The molecule has 2 N–H and O–H groups in total. The Hall–Kier alpha value is -1.52. The molecule has 1 amide bonds. The van der Waals surface area contributed by atoms with E-state index in [0.717, 1.165) is 0 Å². The largest absolute Gasteiger partial charge is 0.439 e. The molecular formula is C12H21N3O2. The molecule has 0 aliphatic carbocycles. The minimum absolute atomic E-state index is 0.0756. The van der Waals surface area contributed by atoms with Crippen molar-refractivity contribution in [3.8, 4) is 0 Å². The van der Waals surface area contributed by atoms with Crippen LogP contribution in [0, 0.1) is 0 Å². The van der Waals surface area contributed by atoms with Gasteiger partial charge in [0.1, 0.15) is 6.26 Å². The van der Waals surface area contributed by atoms with Crippen molar-refractivity contribution in [1.29, 1.82) is 0 Å². The van der Waals surface area contributed by atoms with E-state index >= 15 is 0 Å². The van der Waals surface area contributed by atoms with Crippen LogP contribution in [0.2, 0.25) is 0 Å². The number of rotatable bonds is 2. The van der Waals surface area contributed by atoms with E-state index in [0.29, 0.717) is 5.82 Å². The number of carbonyl (C=O) groups excluding carboxylic acids is 1. The zero-order valence-corrected chi connectivity index (χ0v) is 11.3. The maximum atomic E-state index is 11.7. The highest BCUT2D eigenvalue weighted by molar-refractivity contribution is 5.90. The molecule has 96 valence electrons. The van der Waals surface area contributed by atoms with Crippen LogP contribution in [0.4, 0.5) is 5.82 Å². The van der Waals surface area contributed by atoms with Crippen molar-refractivity contribution in [3.05, 3.63) is 12.2 Å². The molecule has 0 radical (unpaired) electrons. The summed E-state index contributed by atoms with van der Waals surface area (Å²) >= 11 is 0. The van der Waals surface area contributed by atoms with Crippen molar-refractivity contribution >= 4 is 11.7 Å². The SMILES string of the molecule is CC(C)(C)NC(=O)c1nc(NC(C)(C)C)co1. The monoisotopic (exact) mass is 239 g/mol. The Morgan fingerprint density at radius 2 is 1.76 bits per heavy atom. The van der Waals surface area contributed by atoms with E-state index in [2.05, 4.69) is 15.6 Å². The first-order valence-corrected chi connectivity index (χ1v) is 5.63. The van der Waals surface area contributed by atoms with Gasteiger partial charge < -0.3 is 15.1 Å². The predicted octanol–water partition coefficient (Wildman–Crippen LogP) is 2.41. The first-order valence-electron chi connectivity index (χ1n) is 5.63. The second-order valence-electron chi connectivity index (χ2n) is 6.12. The molecule has 0 unspecified atom stereocenters. The van der Waals surface area contributed by atoms with Crippen molar-refractivity contribution < 1.29 is 9.21 Å². The van der Waals surface area contributed by atoms with E-state index in [-0.39, 0.29) is 22.9 Å². The summed E-state index contributed by atoms with van der Waals surface area (Å²) in [5.41, 5.74) is -0.419. The molecule has 0 aliphatic rings. The summed E-state index contributed by atoms with van der Waals surface area (Å²) in [5.74, 6) is 0.336. The number of carbonyl (C=O) groups is 1. The Morgan fingerprint density at radius 3 is 2.24 bits per heavy atom. The minimum Gasteiger partial charge on any atom is -0.439 e. The maximum Gasteiger partial charge on any atom is 0.307 e. The number of amides is 1. The van der Waals surface area contributed by atoms with Gasteiger partial charge in [-0.2, -0.15) is 4.98 Å². The molecule has 0 saturated heterocycles. The van der Waals surface area contributed by atoms with E-state index < -0.39 is 0 Å². The van der Waals surface area contributed by atoms with Crippen molar-refractivity contribution in [1.82, 2.24) is 10.3 Å². The molecule has 0 aliphatic heterocycles. The van der Waals surface area contributed by atoms with Gasteiger partial charge in [0.15, 0.2) is 5.82 Å². The Bertz CT molecular complexity index is 397. The fourth-order valence-corrected chi connectivity index (χ4v) is 1.21. The van der Waals surface area contributed by atoms with Crippen molar-refractivity contribution in [2.75, 3.05) is 5.32 Å². The van der Waals surface area contributed by atoms with Gasteiger partial charge in [-0.05, 0) is 41.5 Å². The van der Waals surface area contributed by atoms with E-state index in [1.807, 2.05) is 41.5 Å². The molecule has 0 fully saturated rings. The number of hydrogen-bond acceptors (Lipinski definition) is 4. The summed E-state index contributed by atoms with van der Waals surface area (Å²) in [5, 5.41) is 5.92. The lowest BCUT2D eigenvalue weighted by Crippen LogP contribution is -2.40. The molecule has 5 nitrogen and oxygen atoms in total. The third kappa shape index (κ3) is 4.89. The highest BCUT2D eigenvalue weighted by Crippen LogP contribution is 2.14. The van der Waals surface area contributed by atoms with Crippen molar-refractivity contribution in [3.63, 3.8) is 0 Å². The van der Waals surface area contributed by atoms with E-state index in [1.165, 1.54) is 6.26 Å². The zero-order valence-electron chi connectivity index (χ0n) is 11.3. The summed E-state index contributed by atoms with van der Waals surface area (Å²) in [6, 6.07) is 0. The fraction of sp³-hybridized carbons (Fsp3) is 0.667. The maximum absolute atomic E-state index is 11.7. The average molecular weight is 239 g/mol. The molecule has 1 aromatic rings. The molecule has 0 bridgehead atoms. The number of hydrogen-bond donors (Lipinski definition) is 2. The summed E-state index contributed by atoms with van der Waals surface area (Å²) in [6.07, 6.45) is 1.45. The van der Waals surface area contributed by atoms with Crippen molar-refractivity contribution in [2.45, 2.75) is 52.6 Å². The van der Waals surface area contributed by atoms with Crippen LogP contribution in [-0.4, -0.2) is 22.0 Å². The van der Waals surface area contributed by atoms with E-state index in [9.17, 15) is 4.79 Å². The van der Waals surface area contributed by atoms with Crippen LogP contribution in [0.3, 0.4) is 0 Å². The van der Waals surface area contributed by atoms with Gasteiger partial charge in [-0.25, -0.2) is 0 Å². The van der Waals surface area contributed by atoms with Gasteiger partial charge in [0.05, 0.1) is 0 Å². The van der Waals surface area contributed by atoms with Gasteiger partial charge in [-0.15, -0.1) is 0 Å². The first kappa shape index (κ1) is 13.5. The standard InChI is InChI=1S/C12H21N3O2/c1-11(2,3)14-8-7-17-10(13-8)9(16)15-12(4,5)6/h7,14H,1-6H3,(H,15,16). The molecular weight excluding hydrogens is 218 g/mol. The van der Waals surface area contributed by atoms with Gasteiger partial charge in [-0.1, -0.05) is 0 Å². The van der Waals surface area contributed by atoms with Crippen LogP contribution in [0.25, 0.3) is 0 Å². The number of nitrogens with zero attached hydrogens (tertiary/aromatic N) is 1. The number of nitrogens with one attached hydrogen (secondary N) is 2. The molecule has 0 aromatic carbocycles. The van der Waals surface area contributed by atoms with Gasteiger partial charge in [0.2, 0.25) is 0 Å². The minimum atomic E-state index is -0.306. The van der Waals surface area contributed by atoms with Crippen LogP contribution in [0.5, 0.6) is 0 Å². The van der Waals surface area contributed by atoms with Crippen molar-refractivity contribution in [2.24, 2.45) is 0 Å².